The van der Waals surface area contributed by atoms with Gasteiger partial charge in [0.15, 0.2) is 6.29 Å². The lowest BCUT2D eigenvalue weighted by atomic mass is 9.99. The molecule has 1 aliphatic heterocycles. The molecule has 1 fully saturated rings. The fourth-order valence-electron chi connectivity index (χ4n) is 6.28. The van der Waals surface area contributed by atoms with Gasteiger partial charge in [0, 0.05) is 0 Å². The van der Waals surface area contributed by atoms with Gasteiger partial charge in [-0.2, -0.15) is 8.42 Å². The molecule has 8 unspecified atom stereocenters. The van der Waals surface area contributed by atoms with E-state index < -0.39 is 78.5 Å². The van der Waals surface area contributed by atoms with Gasteiger partial charge < -0.3 is 40.3 Å². The first-order valence-corrected chi connectivity index (χ1v) is 21.7. The molecule has 13 nitrogen and oxygen atoms in total. The smallest absolute Gasteiger partial charge is 0.394 e. The second kappa shape index (κ2) is 30.7. The van der Waals surface area contributed by atoms with Gasteiger partial charge in [-0.3, -0.25) is 9.35 Å². The number of amides is 1. The predicted molar refractivity (Wildman–Crippen MR) is 205 cm³/mol. The number of aliphatic hydroxyl groups excluding tert-OH is 5. The van der Waals surface area contributed by atoms with Crippen LogP contribution in [-0.2, 0) is 28.9 Å². The van der Waals surface area contributed by atoms with Crippen molar-refractivity contribution in [2.24, 2.45) is 0 Å². The molecule has 53 heavy (non-hydrogen) atoms. The Bertz CT molecular complexity index is 1070. The Morgan fingerprint density at radius 1 is 0.755 bits per heavy atom. The molecule has 0 saturated carbocycles. The van der Waals surface area contributed by atoms with Crippen LogP contribution in [0.2, 0.25) is 0 Å². The van der Waals surface area contributed by atoms with E-state index in [1.807, 2.05) is 6.08 Å². The number of carbonyl (C=O) groups excluding carboxylic acids is 1. The zero-order valence-corrected chi connectivity index (χ0v) is 33.3. The zero-order chi connectivity index (χ0) is 39.3. The van der Waals surface area contributed by atoms with Gasteiger partial charge in [-0.1, -0.05) is 134 Å². The largest absolute Gasteiger partial charge is 0.397 e. The second-order valence-electron chi connectivity index (χ2n) is 14.4. The van der Waals surface area contributed by atoms with Crippen LogP contribution in [0.15, 0.2) is 24.3 Å². The fourth-order valence-corrected chi connectivity index (χ4v) is 6.79. The Morgan fingerprint density at radius 3 is 1.79 bits per heavy atom. The molecule has 1 rings (SSSR count). The number of allylic oxidation sites excluding steroid dienone is 3. The Kier molecular flexibility index (Phi) is 28.7. The average molecular weight is 780 g/mol. The molecule has 0 bridgehead atoms. The molecule has 1 heterocycles. The molecule has 0 aliphatic carbocycles. The van der Waals surface area contributed by atoms with Crippen LogP contribution >= 0.6 is 0 Å². The third-order valence-corrected chi connectivity index (χ3v) is 10.0. The number of nitrogens with one attached hydrogen (secondary N) is 1. The van der Waals surface area contributed by atoms with E-state index in [2.05, 4.69) is 35.5 Å². The maximum absolute atomic E-state index is 13.0. The third-order valence-electron chi connectivity index (χ3n) is 9.58. The lowest BCUT2D eigenvalue weighted by Crippen LogP contribution is -2.61. The summed E-state index contributed by atoms with van der Waals surface area (Å²) in [6.45, 7) is 3.14. The molecule has 0 radical (unpaired) electrons. The summed E-state index contributed by atoms with van der Waals surface area (Å²) in [5.41, 5.74) is 0. The van der Waals surface area contributed by atoms with Crippen molar-refractivity contribution in [1.29, 1.82) is 0 Å². The molecule has 1 aliphatic rings. The van der Waals surface area contributed by atoms with E-state index in [1.165, 1.54) is 76.7 Å². The van der Waals surface area contributed by atoms with E-state index in [9.17, 15) is 38.7 Å². The van der Waals surface area contributed by atoms with Crippen LogP contribution in [0.25, 0.3) is 0 Å². The Hall–Kier alpha value is -1.46. The van der Waals surface area contributed by atoms with Crippen LogP contribution in [0, 0.1) is 0 Å². The maximum Gasteiger partial charge on any atom is 0.397 e. The highest BCUT2D eigenvalue weighted by Gasteiger charge is 2.48. The van der Waals surface area contributed by atoms with Gasteiger partial charge in [0.2, 0.25) is 5.91 Å². The van der Waals surface area contributed by atoms with Crippen LogP contribution in [0.3, 0.4) is 0 Å². The molecule has 7 N–H and O–H groups in total. The van der Waals surface area contributed by atoms with Crippen LogP contribution in [0.1, 0.15) is 155 Å². The molecule has 1 amide bonds. The monoisotopic (exact) mass is 779 g/mol. The molecule has 8 atom stereocenters. The summed E-state index contributed by atoms with van der Waals surface area (Å²) in [7, 11) is -5.11. The highest BCUT2D eigenvalue weighted by atomic mass is 32.3. The number of aliphatic hydroxyl groups is 5. The van der Waals surface area contributed by atoms with Gasteiger partial charge >= 0.3 is 10.4 Å². The topological polar surface area (TPSA) is 212 Å². The summed E-state index contributed by atoms with van der Waals surface area (Å²) < 4.78 is 47.3. The van der Waals surface area contributed by atoms with Crippen molar-refractivity contribution in [3.8, 4) is 0 Å². The summed E-state index contributed by atoms with van der Waals surface area (Å²) in [6.07, 6.45) is 19.9. The molecule has 0 aromatic rings. The van der Waals surface area contributed by atoms with E-state index in [0.29, 0.717) is 12.8 Å². The molecule has 14 heteroatoms. The summed E-state index contributed by atoms with van der Waals surface area (Å²) in [5.74, 6) is -0.715. The van der Waals surface area contributed by atoms with Crippen molar-refractivity contribution in [3.05, 3.63) is 24.3 Å². The summed E-state index contributed by atoms with van der Waals surface area (Å²) in [6, 6.07) is -1.12. The number of ether oxygens (including phenoxy) is 2. The minimum absolute atomic E-state index is 0.228. The average Bonchev–Trinajstić information content (AvgIpc) is 3.12. The molecule has 0 aromatic carbocycles. The first-order valence-electron chi connectivity index (χ1n) is 20.3. The standard InChI is InChI=1S/C39H73NO12S/c1-3-5-7-9-11-13-15-16-18-19-21-23-25-27-32(42)31(30-50-39-36(45)37(52-53(47,48)49)35(44)34(29-41)51-39)40-38(46)33(43)28-26-24-22-20-17-14-12-10-8-6-4-2/h12,14,25,27,31-37,39,41-45H,3-11,13,15-24,26,28-30H2,1-2H3,(H,40,46)(H,47,48,49)/b14-12-,27-25+. The van der Waals surface area contributed by atoms with Crippen molar-refractivity contribution in [1.82, 2.24) is 5.32 Å². The Balaban J connectivity index is 2.70. The lowest BCUT2D eigenvalue weighted by Gasteiger charge is -2.41. The van der Waals surface area contributed by atoms with Crippen molar-refractivity contribution in [3.63, 3.8) is 0 Å². The summed E-state index contributed by atoms with van der Waals surface area (Å²) in [5, 5.41) is 54.9. The van der Waals surface area contributed by atoms with E-state index in [-0.39, 0.29) is 6.42 Å². The van der Waals surface area contributed by atoms with Crippen molar-refractivity contribution in [2.75, 3.05) is 13.2 Å². The Labute approximate surface area is 319 Å². The van der Waals surface area contributed by atoms with Gasteiger partial charge in [-0.25, -0.2) is 4.18 Å². The highest BCUT2D eigenvalue weighted by Crippen LogP contribution is 2.26. The van der Waals surface area contributed by atoms with Crippen LogP contribution in [0.5, 0.6) is 0 Å². The zero-order valence-electron chi connectivity index (χ0n) is 32.4. The molecular formula is C39H73NO12S. The van der Waals surface area contributed by atoms with Gasteiger partial charge in [0.25, 0.3) is 0 Å². The molecular weight excluding hydrogens is 706 g/mol. The van der Waals surface area contributed by atoms with E-state index >= 15 is 0 Å². The second-order valence-corrected chi connectivity index (χ2v) is 15.4. The fraction of sp³-hybridized carbons (Fsp3) is 0.872. The molecule has 312 valence electrons. The van der Waals surface area contributed by atoms with Crippen LogP contribution < -0.4 is 5.32 Å². The first-order chi connectivity index (χ1) is 25.4. The number of hydrogen-bond acceptors (Lipinski definition) is 11. The minimum atomic E-state index is -5.11. The van der Waals surface area contributed by atoms with Gasteiger partial charge in [-0.05, 0) is 44.9 Å². The summed E-state index contributed by atoms with van der Waals surface area (Å²) >= 11 is 0. The van der Waals surface area contributed by atoms with E-state index in [4.69, 9.17) is 14.0 Å². The lowest BCUT2D eigenvalue weighted by molar-refractivity contribution is -0.298. The summed E-state index contributed by atoms with van der Waals surface area (Å²) in [4.78, 5) is 13.0. The molecule has 1 saturated heterocycles. The first kappa shape index (κ1) is 49.6. The van der Waals surface area contributed by atoms with Crippen LogP contribution in [0.4, 0.5) is 0 Å². The highest BCUT2D eigenvalue weighted by molar-refractivity contribution is 7.80. The number of hydrogen-bond donors (Lipinski definition) is 7. The van der Waals surface area contributed by atoms with Crippen molar-refractivity contribution >= 4 is 16.3 Å². The number of rotatable bonds is 33. The minimum Gasteiger partial charge on any atom is -0.394 e. The third kappa shape index (κ3) is 23.9. The number of carbonyl (C=O) groups is 1. The SMILES string of the molecule is CCCCC/C=C\CCCCCCC(O)C(=O)NC(COC1OC(CO)C(O)C(OS(=O)(=O)O)C1O)C(O)/C=C/CCCCCCCCCCCCC. The normalized spacial score (nSPS) is 22.8. The van der Waals surface area contributed by atoms with Gasteiger partial charge in [0.1, 0.15) is 30.5 Å². The van der Waals surface area contributed by atoms with E-state index in [1.54, 1.807) is 0 Å². The Morgan fingerprint density at radius 2 is 1.25 bits per heavy atom. The number of unbranched alkanes of at least 4 members (excludes halogenated alkanes) is 18. The van der Waals surface area contributed by atoms with Gasteiger partial charge in [0.05, 0.1) is 25.4 Å². The molecule has 0 aromatic heterocycles. The van der Waals surface area contributed by atoms with Gasteiger partial charge in [-0.15, -0.1) is 0 Å². The van der Waals surface area contributed by atoms with E-state index in [0.717, 1.165) is 51.4 Å². The maximum atomic E-state index is 13.0. The van der Waals surface area contributed by atoms with Crippen molar-refractivity contribution in [2.45, 2.75) is 204 Å². The van der Waals surface area contributed by atoms with Crippen molar-refractivity contribution < 1.29 is 57.0 Å². The van der Waals surface area contributed by atoms with Crippen LogP contribution in [-0.4, -0.2) is 107 Å². The quantitative estimate of drug-likeness (QED) is 0.0248. The molecule has 0 spiro atoms. The predicted octanol–water partition coefficient (Wildman–Crippen LogP) is 5.57.